The lowest BCUT2D eigenvalue weighted by Gasteiger charge is -2.16. The van der Waals surface area contributed by atoms with E-state index >= 15 is 0 Å². The second-order valence-corrected chi connectivity index (χ2v) is 7.49. The number of rotatable bonds is 6. The van der Waals surface area contributed by atoms with E-state index in [1.165, 1.54) is 0 Å². The lowest BCUT2D eigenvalue weighted by atomic mass is 10.1. The monoisotopic (exact) mass is 377 g/mol. The van der Waals surface area contributed by atoms with Crippen molar-refractivity contribution in [2.75, 3.05) is 17.2 Å². The summed E-state index contributed by atoms with van der Waals surface area (Å²) >= 11 is 0. The average molecular weight is 377 g/mol. The number of hydrogen-bond donors (Lipinski definition) is 2. The molecule has 1 aliphatic heterocycles. The molecule has 0 spiro atoms. The van der Waals surface area contributed by atoms with Gasteiger partial charge in [-0.3, -0.25) is 14.4 Å². The molecular formula is C22H23N3O3. The van der Waals surface area contributed by atoms with Gasteiger partial charge in [-0.1, -0.05) is 30.3 Å². The van der Waals surface area contributed by atoms with Gasteiger partial charge < -0.3 is 15.5 Å². The van der Waals surface area contributed by atoms with E-state index in [1.807, 2.05) is 30.3 Å². The Morgan fingerprint density at radius 3 is 2.00 bits per heavy atom. The van der Waals surface area contributed by atoms with Crippen LogP contribution in [-0.2, 0) is 20.9 Å². The topological polar surface area (TPSA) is 78.5 Å². The van der Waals surface area contributed by atoms with Crippen LogP contribution in [0.5, 0.6) is 0 Å². The number of amides is 3. The molecular weight excluding hydrogens is 354 g/mol. The van der Waals surface area contributed by atoms with Crippen molar-refractivity contribution < 1.29 is 14.4 Å². The summed E-state index contributed by atoms with van der Waals surface area (Å²) in [6.45, 7) is 0.952. The number of benzene rings is 2. The summed E-state index contributed by atoms with van der Waals surface area (Å²) < 4.78 is 0. The van der Waals surface area contributed by atoms with Gasteiger partial charge in [0.25, 0.3) is 0 Å². The Hall–Kier alpha value is -3.15. The lowest BCUT2D eigenvalue weighted by molar-refractivity contribution is -0.128. The normalized spacial score (nSPS) is 18.8. The van der Waals surface area contributed by atoms with Crippen molar-refractivity contribution in [3.63, 3.8) is 0 Å². The number of nitrogens with zero attached hydrogens (tertiary/aromatic N) is 1. The molecule has 1 saturated carbocycles. The second-order valence-electron chi connectivity index (χ2n) is 7.49. The van der Waals surface area contributed by atoms with Crippen molar-refractivity contribution in [3.05, 3.63) is 60.2 Å². The van der Waals surface area contributed by atoms with E-state index in [9.17, 15) is 14.4 Å². The van der Waals surface area contributed by atoms with Gasteiger partial charge in [-0.25, -0.2) is 0 Å². The van der Waals surface area contributed by atoms with Crippen LogP contribution in [0.3, 0.4) is 0 Å². The first-order chi connectivity index (χ1) is 13.6. The van der Waals surface area contributed by atoms with E-state index in [0.717, 1.165) is 24.1 Å². The number of carbonyl (C=O) groups is 3. The minimum atomic E-state index is -0.356. The summed E-state index contributed by atoms with van der Waals surface area (Å²) in [5.74, 6) is -0.302. The molecule has 4 rings (SSSR count). The molecule has 2 aliphatic rings. The predicted octanol–water partition coefficient (Wildman–Crippen LogP) is 3.02. The number of carbonyl (C=O) groups excluding carboxylic acids is 3. The molecule has 1 atom stereocenters. The highest BCUT2D eigenvalue weighted by atomic mass is 16.2. The molecule has 1 unspecified atom stereocenters. The first kappa shape index (κ1) is 18.2. The van der Waals surface area contributed by atoms with Gasteiger partial charge in [0, 0.05) is 36.8 Å². The van der Waals surface area contributed by atoms with Crippen LogP contribution in [0.25, 0.3) is 0 Å². The Kier molecular flexibility index (Phi) is 5.10. The van der Waals surface area contributed by atoms with Gasteiger partial charge in [0.05, 0.1) is 5.92 Å². The van der Waals surface area contributed by atoms with E-state index in [4.69, 9.17) is 0 Å². The van der Waals surface area contributed by atoms with Crippen LogP contribution in [0.1, 0.15) is 24.8 Å². The molecule has 0 bridgehead atoms. The molecule has 0 radical (unpaired) electrons. The molecule has 144 valence electrons. The fourth-order valence-electron chi connectivity index (χ4n) is 3.38. The van der Waals surface area contributed by atoms with Crippen LogP contribution in [-0.4, -0.2) is 29.2 Å². The minimum absolute atomic E-state index is 0.00198. The summed E-state index contributed by atoms with van der Waals surface area (Å²) in [7, 11) is 0. The van der Waals surface area contributed by atoms with Crippen molar-refractivity contribution in [2.45, 2.75) is 25.8 Å². The number of anilines is 2. The third kappa shape index (κ3) is 4.39. The Morgan fingerprint density at radius 2 is 1.43 bits per heavy atom. The van der Waals surface area contributed by atoms with E-state index in [-0.39, 0.29) is 36.0 Å². The molecule has 6 nitrogen and oxygen atoms in total. The van der Waals surface area contributed by atoms with Crippen molar-refractivity contribution >= 4 is 29.1 Å². The Labute approximate surface area is 163 Å². The third-order valence-electron chi connectivity index (χ3n) is 5.17. The summed E-state index contributed by atoms with van der Waals surface area (Å²) in [6.07, 6.45) is 2.15. The van der Waals surface area contributed by atoms with Crippen molar-refractivity contribution in [3.8, 4) is 0 Å². The summed E-state index contributed by atoms with van der Waals surface area (Å²) in [5, 5.41) is 5.75. The van der Waals surface area contributed by atoms with Crippen LogP contribution in [0, 0.1) is 11.8 Å². The van der Waals surface area contributed by atoms with Crippen LogP contribution in [0.15, 0.2) is 54.6 Å². The standard InChI is InChI=1S/C22H23N3O3/c26-20-12-17(14-25(20)13-15-4-2-1-3-5-15)22(28)24-19-10-8-18(9-11-19)23-21(27)16-6-7-16/h1-5,8-11,16-17H,6-7,12-14H2,(H,23,27)(H,24,28). The van der Waals surface area contributed by atoms with Gasteiger partial charge in [-0.05, 0) is 42.7 Å². The minimum Gasteiger partial charge on any atom is -0.338 e. The molecule has 3 amide bonds. The highest BCUT2D eigenvalue weighted by Crippen LogP contribution is 2.30. The largest absolute Gasteiger partial charge is 0.338 e. The molecule has 2 aromatic rings. The van der Waals surface area contributed by atoms with Crippen LogP contribution in [0.2, 0.25) is 0 Å². The van der Waals surface area contributed by atoms with Gasteiger partial charge in [0.1, 0.15) is 0 Å². The number of nitrogens with one attached hydrogen (secondary N) is 2. The van der Waals surface area contributed by atoms with Crippen molar-refractivity contribution in [2.24, 2.45) is 11.8 Å². The van der Waals surface area contributed by atoms with Crippen molar-refractivity contribution in [1.82, 2.24) is 4.90 Å². The van der Waals surface area contributed by atoms with Gasteiger partial charge in [-0.2, -0.15) is 0 Å². The molecule has 28 heavy (non-hydrogen) atoms. The van der Waals surface area contributed by atoms with E-state index in [1.54, 1.807) is 29.2 Å². The Morgan fingerprint density at radius 1 is 0.857 bits per heavy atom. The van der Waals surface area contributed by atoms with Crippen LogP contribution >= 0.6 is 0 Å². The summed E-state index contributed by atoms with van der Waals surface area (Å²) in [4.78, 5) is 38.3. The number of likely N-dealkylation sites (tertiary alicyclic amines) is 1. The Balaban J connectivity index is 1.31. The zero-order chi connectivity index (χ0) is 19.5. The highest BCUT2D eigenvalue weighted by Gasteiger charge is 2.34. The quantitative estimate of drug-likeness (QED) is 0.812. The molecule has 0 aromatic heterocycles. The third-order valence-corrected chi connectivity index (χ3v) is 5.17. The maximum absolute atomic E-state index is 12.6. The maximum Gasteiger partial charge on any atom is 0.229 e. The molecule has 2 N–H and O–H groups in total. The lowest BCUT2D eigenvalue weighted by Crippen LogP contribution is -2.28. The van der Waals surface area contributed by atoms with Gasteiger partial charge >= 0.3 is 0 Å². The first-order valence-electron chi connectivity index (χ1n) is 9.62. The van der Waals surface area contributed by atoms with Crippen molar-refractivity contribution in [1.29, 1.82) is 0 Å². The zero-order valence-electron chi connectivity index (χ0n) is 15.6. The smallest absolute Gasteiger partial charge is 0.229 e. The van der Waals surface area contributed by atoms with Gasteiger partial charge in [0.15, 0.2) is 0 Å². The van der Waals surface area contributed by atoms with E-state index in [2.05, 4.69) is 10.6 Å². The molecule has 2 fully saturated rings. The summed E-state index contributed by atoms with van der Waals surface area (Å²) in [6, 6.07) is 16.9. The highest BCUT2D eigenvalue weighted by molar-refractivity contribution is 5.98. The van der Waals surface area contributed by atoms with Gasteiger partial charge in [-0.15, -0.1) is 0 Å². The summed E-state index contributed by atoms with van der Waals surface area (Å²) in [5.41, 5.74) is 2.43. The first-order valence-corrected chi connectivity index (χ1v) is 9.62. The van der Waals surface area contributed by atoms with Crippen LogP contribution < -0.4 is 10.6 Å². The molecule has 1 aliphatic carbocycles. The molecule has 2 aromatic carbocycles. The second kappa shape index (κ2) is 7.84. The maximum atomic E-state index is 12.6. The van der Waals surface area contributed by atoms with E-state index < -0.39 is 0 Å². The Bertz CT molecular complexity index is 876. The van der Waals surface area contributed by atoms with Crippen LogP contribution in [0.4, 0.5) is 11.4 Å². The SMILES string of the molecule is O=C(Nc1ccc(NC(=O)C2CC(=O)N(Cc3ccccc3)C2)cc1)C1CC1. The van der Waals surface area contributed by atoms with Gasteiger partial charge in [0.2, 0.25) is 17.7 Å². The predicted molar refractivity (Wildman–Crippen MR) is 106 cm³/mol. The average Bonchev–Trinajstić information content (AvgIpc) is 3.49. The zero-order valence-corrected chi connectivity index (χ0v) is 15.6. The molecule has 1 saturated heterocycles. The fourth-order valence-corrected chi connectivity index (χ4v) is 3.38. The molecule has 6 heteroatoms. The van der Waals surface area contributed by atoms with E-state index in [0.29, 0.717) is 18.8 Å². The number of hydrogen-bond acceptors (Lipinski definition) is 3. The fraction of sp³-hybridized carbons (Fsp3) is 0.318. The molecule has 1 heterocycles.